The van der Waals surface area contributed by atoms with E-state index in [1.807, 2.05) is 4.90 Å². The van der Waals surface area contributed by atoms with Crippen molar-refractivity contribution in [1.82, 2.24) is 15.5 Å². The van der Waals surface area contributed by atoms with Crippen molar-refractivity contribution in [3.8, 4) is 0 Å². The Morgan fingerprint density at radius 1 is 0.913 bits per heavy atom. The maximum atomic E-state index is 11.9. The summed E-state index contributed by atoms with van der Waals surface area (Å²) in [5.74, 6) is 0.935. The molecule has 1 saturated heterocycles. The highest BCUT2D eigenvalue weighted by molar-refractivity contribution is 8.00. The minimum atomic E-state index is -0.188. The van der Waals surface area contributed by atoms with E-state index in [-0.39, 0.29) is 30.0 Å². The van der Waals surface area contributed by atoms with E-state index in [0.29, 0.717) is 11.7 Å². The molecule has 1 saturated carbocycles. The second kappa shape index (κ2) is 9.80. The van der Waals surface area contributed by atoms with E-state index >= 15 is 0 Å². The number of likely N-dealkylation sites (tertiary alicyclic amines) is 1. The van der Waals surface area contributed by atoms with Crippen molar-refractivity contribution in [3.63, 3.8) is 0 Å². The molecule has 130 valence electrons. The first kappa shape index (κ1) is 18.1. The van der Waals surface area contributed by atoms with Gasteiger partial charge in [0.15, 0.2) is 0 Å². The number of carbonyl (C=O) groups is 3. The third kappa shape index (κ3) is 6.81. The molecule has 0 bridgehead atoms. The smallest absolute Gasteiger partial charge is 0.241 e. The van der Waals surface area contributed by atoms with E-state index in [1.165, 1.54) is 37.4 Å². The van der Waals surface area contributed by atoms with E-state index in [0.717, 1.165) is 32.5 Å². The molecule has 2 fully saturated rings. The molecular weight excluding hydrogens is 314 g/mol. The van der Waals surface area contributed by atoms with Crippen LogP contribution in [0, 0.1) is 5.92 Å². The molecule has 2 aliphatic rings. The number of amides is 3. The summed E-state index contributed by atoms with van der Waals surface area (Å²) in [5, 5.41) is 5.54. The third-order valence-corrected chi connectivity index (χ3v) is 5.36. The number of nitrogens with one attached hydrogen (secondary N) is 2. The van der Waals surface area contributed by atoms with Crippen molar-refractivity contribution in [2.75, 3.05) is 37.7 Å². The molecule has 1 aliphatic heterocycles. The fourth-order valence-corrected chi connectivity index (χ4v) is 3.40. The standard InChI is InChI=1S/C16H27N3O3S/c20-14(17-9-13-5-4-6-13)11-23-12-15(21)18-10-16(22)19-7-2-1-3-8-19/h13H,1-12H2,(H,17,20)(H,18,21). The molecule has 0 unspecified atom stereocenters. The van der Waals surface area contributed by atoms with Gasteiger partial charge in [-0.2, -0.15) is 0 Å². The highest BCUT2D eigenvalue weighted by Gasteiger charge is 2.18. The average molecular weight is 341 g/mol. The maximum absolute atomic E-state index is 11.9. The SMILES string of the molecule is O=C(CSCC(=O)NCC1CCC1)NCC(=O)N1CCCCC1. The summed E-state index contributed by atoms with van der Waals surface area (Å²) in [6.45, 7) is 2.42. The zero-order chi connectivity index (χ0) is 16.5. The van der Waals surface area contributed by atoms with Crippen LogP contribution in [-0.2, 0) is 14.4 Å². The predicted octanol–water partition coefficient (Wildman–Crippen LogP) is 0.765. The van der Waals surface area contributed by atoms with E-state index in [1.54, 1.807) is 0 Å². The molecule has 0 radical (unpaired) electrons. The Bertz CT molecular complexity index is 421. The Kier molecular flexibility index (Phi) is 7.71. The zero-order valence-electron chi connectivity index (χ0n) is 13.6. The van der Waals surface area contributed by atoms with Crippen LogP contribution in [0.3, 0.4) is 0 Å². The fraction of sp³-hybridized carbons (Fsp3) is 0.812. The van der Waals surface area contributed by atoms with Gasteiger partial charge in [0.2, 0.25) is 17.7 Å². The van der Waals surface area contributed by atoms with Crippen molar-refractivity contribution >= 4 is 29.5 Å². The molecule has 0 atom stereocenters. The van der Waals surface area contributed by atoms with Crippen LogP contribution < -0.4 is 10.6 Å². The van der Waals surface area contributed by atoms with Gasteiger partial charge in [-0.25, -0.2) is 0 Å². The lowest BCUT2D eigenvalue weighted by Crippen LogP contribution is -2.43. The Hall–Kier alpha value is -1.24. The number of hydrogen-bond acceptors (Lipinski definition) is 4. The van der Waals surface area contributed by atoms with E-state index < -0.39 is 0 Å². The van der Waals surface area contributed by atoms with Gasteiger partial charge in [0.05, 0.1) is 18.1 Å². The van der Waals surface area contributed by atoms with Crippen LogP contribution in [0.2, 0.25) is 0 Å². The lowest BCUT2D eigenvalue weighted by atomic mass is 9.85. The summed E-state index contributed by atoms with van der Waals surface area (Å²) >= 11 is 1.29. The van der Waals surface area contributed by atoms with Crippen molar-refractivity contribution in [1.29, 1.82) is 0 Å². The Morgan fingerprint density at radius 2 is 1.57 bits per heavy atom. The average Bonchev–Trinajstić information content (AvgIpc) is 2.52. The van der Waals surface area contributed by atoms with Crippen LogP contribution in [-0.4, -0.2) is 60.3 Å². The molecule has 0 aromatic heterocycles. The normalized spacial score (nSPS) is 18.2. The van der Waals surface area contributed by atoms with Crippen LogP contribution in [0.1, 0.15) is 38.5 Å². The highest BCUT2D eigenvalue weighted by Crippen LogP contribution is 2.25. The summed E-state index contributed by atoms with van der Waals surface area (Å²) in [7, 11) is 0. The van der Waals surface area contributed by atoms with Gasteiger partial charge in [-0.15, -0.1) is 11.8 Å². The third-order valence-electron chi connectivity index (χ3n) is 4.42. The summed E-state index contributed by atoms with van der Waals surface area (Å²) < 4.78 is 0. The molecule has 23 heavy (non-hydrogen) atoms. The molecular formula is C16H27N3O3S. The predicted molar refractivity (Wildman–Crippen MR) is 91.1 cm³/mol. The van der Waals surface area contributed by atoms with Crippen molar-refractivity contribution in [2.24, 2.45) is 5.92 Å². The lowest BCUT2D eigenvalue weighted by molar-refractivity contribution is -0.133. The first-order valence-electron chi connectivity index (χ1n) is 8.54. The van der Waals surface area contributed by atoms with Crippen LogP contribution in [0.5, 0.6) is 0 Å². The number of thioether (sulfide) groups is 1. The molecule has 1 aliphatic carbocycles. The van der Waals surface area contributed by atoms with Crippen LogP contribution in [0.25, 0.3) is 0 Å². The summed E-state index contributed by atoms with van der Waals surface area (Å²) in [6.07, 6.45) is 6.96. The van der Waals surface area contributed by atoms with Crippen LogP contribution >= 0.6 is 11.8 Å². The van der Waals surface area contributed by atoms with Gasteiger partial charge in [0.25, 0.3) is 0 Å². The van der Waals surface area contributed by atoms with Crippen molar-refractivity contribution in [2.45, 2.75) is 38.5 Å². The molecule has 7 heteroatoms. The van der Waals surface area contributed by atoms with Gasteiger partial charge < -0.3 is 15.5 Å². The molecule has 3 amide bonds. The van der Waals surface area contributed by atoms with Gasteiger partial charge >= 0.3 is 0 Å². The summed E-state index contributed by atoms with van der Waals surface area (Å²) in [5.41, 5.74) is 0. The lowest BCUT2D eigenvalue weighted by Gasteiger charge is -2.26. The molecule has 0 aromatic carbocycles. The van der Waals surface area contributed by atoms with Gasteiger partial charge in [-0.1, -0.05) is 6.42 Å². The Balaban J connectivity index is 1.48. The van der Waals surface area contributed by atoms with Gasteiger partial charge in [-0.05, 0) is 38.0 Å². The highest BCUT2D eigenvalue weighted by atomic mass is 32.2. The largest absolute Gasteiger partial charge is 0.355 e. The van der Waals surface area contributed by atoms with Crippen molar-refractivity contribution < 1.29 is 14.4 Å². The second-order valence-corrected chi connectivity index (χ2v) is 7.30. The second-order valence-electron chi connectivity index (χ2n) is 6.31. The molecule has 2 rings (SSSR count). The maximum Gasteiger partial charge on any atom is 0.241 e. The van der Waals surface area contributed by atoms with Crippen molar-refractivity contribution in [3.05, 3.63) is 0 Å². The molecule has 1 heterocycles. The van der Waals surface area contributed by atoms with Gasteiger partial charge in [0, 0.05) is 19.6 Å². The summed E-state index contributed by atoms with van der Waals surface area (Å²) in [6, 6.07) is 0. The number of nitrogens with zero attached hydrogens (tertiary/aromatic N) is 1. The monoisotopic (exact) mass is 341 g/mol. The van der Waals surface area contributed by atoms with E-state index in [9.17, 15) is 14.4 Å². The Labute approximate surface area is 142 Å². The molecule has 2 N–H and O–H groups in total. The molecule has 6 nitrogen and oxygen atoms in total. The quantitative estimate of drug-likeness (QED) is 0.683. The molecule has 0 aromatic rings. The van der Waals surface area contributed by atoms with Gasteiger partial charge in [0.1, 0.15) is 0 Å². The topological polar surface area (TPSA) is 78.5 Å². The van der Waals surface area contributed by atoms with Crippen LogP contribution in [0.4, 0.5) is 0 Å². The Morgan fingerprint density at radius 3 is 2.17 bits per heavy atom. The number of hydrogen-bond donors (Lipinski definition) is 2. The van der Waals surface area contributed by atoms with E-state index in [4.69, 9.17) is 0 Å². The number of piperidine rings is 1. The minimum Gasteiger partial charge on any atom is -0.355 e. The van der Waals surface area contributed by atoms with Crippen LogP contribution in [0.15, 0.2) is 0 Å². The molecule has 0 spiro atoms. The summed E-state index contributed by atoms with van der Waals surface area (Å²) in [4.78, 5) is 37.0. The van der Waals surface area contributed by atoms with E-state index in [2.05, 4.69) is 10.6 Å². The minimum absolute atomic E-state index is 0.0127. The first-order chi connectivity index (χ1) is 11.1. The van der Waals surface area contributed by atoms with Gasteiger partial charge in [-0.3, -0.25) is 14.4 Å². The first-order valence-corrected chi connectivity index (χ1v) is 9.69. The fourth-order valence-electron chi connectivity index (χ4n) is 2.72. The number of rotatable bonds is 8. The number of carbonyl (C=O) groups excluding carboxylic acids is 3. The zero-order valence-corrected chi connectivity index (χ0v) is 14.5.